The first-order valence-electron chi connectivity index (χ1n) is 6.69. The van der Waals surface area contributed by atoms with E-state index in [4.69, 9.17) is 0 Å². The molecule has 0 radical (unpaired) electrons. The third kappa shape index (κ3) is 4.77. The second kappa shape index (κ2) is 8.55. The van der Waals surface area contributed by atoms with Gasteiger partial charge in [0.15, 0.2) is 0 Å². The summed E-state index contributed by atoms with van der Waals surface area (Å²) in [4.78, 5) is 0. The molecule has 1 aromatic carbocycles. The Hall–Kier alpha value is -1.52. The van der Waals surface area contributed by atoms with Gasteiger partial charge in [0.1, 0.15) is 6.10 Å². The number of unbranched alkanes of at least 4 members (excludes halogenated alkanes) is 2. The van der Waals surface area contributed by atoms with Crippen molar-refractivity contribution in [3.8, 4) is 11.8 Å². The van der Waals surface area contributed by atoms with Gasteiger partial charge in [0.05, 0.1) is 0 Å². The first-order valence-corrected chi connectivity index (χ1v) is 6.69. The normalized spacial score (nSPS) is 12.7. The Labute approximate surface area is 111 Å². The minimum Gasteiger partial charge on any atom is -0.384 e. The average molecular weight is 242 g/mol. The topological polar surface area (TPSA) is 20.2 Å². The van der Waals surface area contributed by atoms with E-state index in [0.717, 1.165) is 30.4 Å². The smallest absolute Gasteiger partial charge is 0.101 e. The minimum absolute atomic E-state index is 0.531. The van der Waals surface area contributed by atoms with E-state index in [9.17, 15) is 5.11 Å². The molecular weight excluding hydrogens is 220 g/mol. The van der Waals surface area contributed by atoms with Crippen LogP contribution in [0.2, 0.25) is 0 Å². The monoisotopic (exact) mass is 242 g/mol. The zero-order valence-corrected chi connectivity index (χ0v) is 11.3. The third-order valence-corrected chi connectivity index (χ3v) is 2.89. The summed E-state index contributed by atoms with van der Waals surface area (Å²) in [7, 11) is 0. The highest BCUT2D eigenvalue weighted by molar-refractivity contribution is 5.30. The van der Waals surface area contributed by atoms with Crippen molar-refractivity contribution in [1.29, 1.82) is 0 Å². The van der Waals surface area contributed by atoms with Crippen LogP contribution in [0.4, 0.5) is 0 Å². The van der Waals surface area contributed by atoms with E-state index in [1.165, 1.54) is 6.42 Å². The quantitative estimate of drug-likeness (QED) is 0.604. The van der Waals surface area contributed by atoms with Crippen LogP contribution in [0, 0.1) is 11.8 Å². The maximum Gasteiger partial charge on any atom is 0.101 e. The van der Waals surface area contributed by atoms with E-state index in [-0.39, 0.29) is 0 Å². The molecule has 0 saturated heterocycles. The number of hydrogen-bond acceptors (Lipinski definition) is 1. The zero-order chi connectivity index (χ0) is 13.2. The van der Waals surface area contributed by atoms with Gasteiger partial charge >= 0.3 is 0 Å². The van der Waals surface area contributed by atoms with Gasteiger partial charge in [-0.15, -0.1) is 0 Å². The van der Waals surface area contributed by atoms with Crippen LogP contribution in [0.5, 0.6) is 0 Å². The van der Waals surface area contributed by atoms with Crippen LogP contribution in [0.1, 0.15) is 51.2 Å². The van der Waals surface area contributed by atoms with E-state index in [0.29, 0.717) is 0 Å². The van der Waals surface area contributed by atoms with Gasteiger partial charge in [0.25, 0.3) is 0 Å². The fourth-order valence-corrected chi connectivity index (χ4v) is 1.70. The molecule has 1 N–H and O–H groups in total. The van der Waals surface area contributed by atoms with Crippen molar-refractivity contribution < 1.29 is 5.11 Å². The number of benzene rings is 1. The summed E-state index contributed by atoms with van der Waals surface area (Å²) in [6.45, 7) is 4.21. The number of hydrogen-bond donors (Lipinski definition) is 1. The minimum atomic E-state index is -0.531. The summed E-state index contributed by atoms with van der Waals surface area (Å²) in [5.41, 5.74) is 1.91. The van der Waals surface area contributed by atoms with Crippen LogP contribution in [0.15, 0.2) is 42.0 Å². The lowest BCUT2D eigenvalue weighted by Crippen LogP contribution is -2.00. The first kappa shape index (κ1) is 14.5. The molecule has 0 aliphatic carbocycles. The number of aliphatic hydroxyl groups excluding tert-OH is 1. The first-order chi connectivity index (χ1) is 8.79. The van der Waals surface area contributed by atoms with Crippen molar-refractivity contribution in [1.82, 2.24) is 0 Å². The molecule has 0 fully saturated rings. The van der Waals surface area contributed by atoms with Crippen LogP contribution < -0.4 is 0 Å². The lowest BCUT2D eigenvalue weighted by Gasteiger charge is -2.12. The molecular formula is C17H22O. The number of allylic oxidation sites excluding steroid dienone is 1. The Balaban J connectivity index is 2.70. The maximum absolute atomic E-state index is 10.2. The number of rotatable bonds is 5. The SMILES string of the molecule is CCCCC#C/C=C(/CC)C(O)c1ccccc1. The van der Waals surface area contributed by atoms with Crippen LogP contribution in [0.3, 0.4) is 0 Å². The van der Waals surface area contributed by atoms with Gasteiger partial charge in [-0.05, 0) is 30.1 Å². The molecule has 0 heterocycles. The molecule has 0 aromatic heterocycles. The lowest BCUT2D eigenvalue weighted by molar-refractivity contribution is 0.212. The van der Waals surface area contributed by atoms with Gasteiger partial charge in [-0.1, -0.05) is 62.4 Å². The Kier molecular flexibility index (Phi) is 6.91. The van der Waals surface area contributed by atoms with E-state index in [1.54, 1.807) is 0 Å². The molecule has 1 aromatic rings. The molecule has 96 valence electrons. The Morgan fingerprint density at radius 2 is 2.00 bits per heavy atom. The van der Waals surface area contributed by atoms with Crippen LogP contribution in [-0.4, -0.2) is 5.11 Å². The van der Waals surface area contributed by atoms with Crippen molar-refractivity contribution in [3.63, 3.8) is 0 Å². The predicted octanol–water partition coefficient (Wildman–Crippen LogP) is 4.25. The molecule has 1 rings (SSSR count). The summed E-state index contributed by atoms with van der Waals surface area (Å²) in [6.07, 6.45) is 5.41. The fourth-order valence-electron chi connectivity index (χ4n) is 1.70. The second-order valence-corrected chi connectivity index (χ2v) is 4.31. The van der Waals surface area contributed by atoms with E-state index in [2.05, 4.69) is 18.8 Å². The van der Waals surface area contributed by atoms with Crippen molar-refractivity contribution >= 4 is 0 Å². The van der Waals surface area contributed by atoms with Crippen molar-refractivity contribution in [2.75, 3.05) is 0 Å². The van der Waals surface area contributed by atoms with Gasteiger partial charge in [-0.2, -0.15) is 0 Å². The molecule has 0 spiro atoms. The number of aliphatic hydroxyl groups is 1. The van der Waals surface area contributed by atoms with Crippen LogP contribution in [-0.2, 0) is 0 Å². The Morgan fingerprint density at radius 3 is 2.61 bits per heavy atom. The second-order valence-electron chi connectivity index (χ2n) is 4.31. The molecule has 0 bridgehead atoms. The Bertz CT molecular complexity index is 420. The van der Waals surface area contributed by atoms with Gasteiger partial charge < -0.3 is 5.11 Å². The van der Waals surface area contributed by atoms with Crippen molar-refractivity contribution in [2.24, 2.45) is 0 Å². The van der Waals surface area contributed by atoms with Crippen molar-refractivity contribution in [2.45, 2.75) is 45.6 Å². The third-order valence-electron chi connectivity index (χ3n) is 2.89. The standard InChI is InChI=1S/C17H22O/c1-3-5-6-7-9-12-15(4-2)17(18)16-13-10-8-11-14-16/h8,10-14,17-18H,3-6H2,1-2H3/b15-12-. The molecule has 1 unspecified atom stereocenters. The predicted molar refractivity (Wildman–Crippen MR) is 77.1 cm³/mol. The van der Waals surface area contributed by atoms with E-state index < -0.39 is 6.10 Å². The lowest BCUT2D eigenvalue weighted by atomic mass is 9.99. The highest BCUT2D eigenvalue weighted by Crippen LogP contribution is 2.23. The molecule has 1 nitrogen and oxygen atoms in total. The fraction of sp³-hybridized carbons (Fsp3) is 0.412. The molecule has 1 heteroatoms. The largest absolute Gasteiger partial charge is 0.384 e. The highest BCUT2D eigenvalue weighted by Gasteiger charge is 2.10. The summed E-state index contributed by atoms with van der Waals surface area (Å²) in [5.74, 6) is 6.17. The summed E-state index contributed by atoms with van der Waals surface area (Å²) >= 11 is 0. The Morgan fingerprint density at radius 1 is 1.28 bits per heavy atom. The molecule has 0 aliphatic rings. The highest BCUT2D eigenvalue weighted by atomic mass is 16.3. The zero-order valence-electron chi connectivity index (χ0n) is 11.3. The molecule has 18 heavy (non-hydrogen) atoms. The van der Waals surface area contributed by atoms with Gasteiger partial charge in [-0.25, -0.2) is 0 Å². The molecule has 0 amide bonds. The van der Waals surface area contributed by atoms with Crippen LogP contribution >= 0.6 is 0 Å². The maximum atomic E-state index is 10.2. The molecule has 0 saturated carbocycles. The van der Waals surface area contributed by atoms with Gasteiger partial charge in [0.2, 0.25) is 0 Å². The van der Waals surface area contributed by atoms with E-state index in [1.807, 2.05) is 43.3 Å². The molecule has 1 atom stereocenters. The average Bonchev–Trinajstić information content (AvgIpc) is 2.43. The summed E-state index contributed by atoms with van der Waals surface area (Å²) in [6, 6.07) is 9.73. The van der Waals surface area contributed by atoms with Crippen LogP contribution in [0.25, 0.3) is 0 Å². The van der Waals surface area contributed by atoms with E-state index >= 15 is 0 Å². The molecule has 0 aliphatic heterocycles. The summed E-state index contributed by atoms with van der Waals surface area (Å²) in [5, 5.41) is 10.2. The van der Waals surface area contributed by atoms with Gasteiger partial charge in [0, 0.05) is 6.42 Å². The summed E-state index contributed by atoms with van der Waals surface area (Å²) < 4.78 is 0. The van der Waals surface area contributed by atoms with Crippen molar-refractivity contribution in [3.05, 3.63) is 47.5 Å². The van der Waals surface area contributed by atoms with Gasteiger partial charge in [-0.3, -0.25) is 0 Å².